The maximum atomic E-state index is 12.8. The second-order valence-electron chi connectivity index (χ2n) is 7.72. The Hall–Kier alpha value is -2.12. The molecule has 1 fully saturated rings. The summed E-state index contributed by atoms with van der Waals surface area (Å²) in [6.45, 7) is 7.68. The lowest BCUT2D eigenvalue weighted by atomic mass is 9.98. The number of benzene rings is 1. The van der Waals surface area contributed by atoms with Crippen molar-refractivity contribution >= 4 is 15.9 Å². The Morgan fingerprint density at radius 1 is 1.14 bits per heavy atom. The van der Waals surface area contributed by atoms with Gasteiger partial charge in [0.25, 0.3) is 5.91 Å². The molecule has 0 aliphatic carbocycles. The number of nitrogens with zero attached hydrogens (tertiary/aromatic N) is 2. The second kappa shape index (κ2) is 8.09. The minimum Gasteiger partial charge on any atom is -0.352 e. The number of para-hydroxylation sites is 1. The molecule has 1 aromatic carbocycles. The van der Waals surface area contributed by atoms with Crippen LogP contribution in [-0.4, -0.2) is 49.1 Å². The van der Waals surface area contributed by atoms with Gasteiger partial charge in [-0.1, -0.05) is 18.2 Å². The van der Waals surface area contributed by atoms with Crippen LogP contribution in [-0.2, 0) is 10.0 Å². The normalized spacial score (nSPS) is 16.3. The van der Waals surface area contributed by atoms with Crippen LogP contribution in [0.5, 0.6) is 0 Å². The van der Waals surface area contributed by atoms with Gasteiger partial charge >= 0.3 is 0 Å². The van der Waals surface area contributed by atoms with Gasteiger partial charge in [-0.25, -0.2) is 12.7 Å². The Morgan fingerprint density at radius 3 is 2.39 bits per heavy atom. The molecule has 7 heteroatoms. The van der Waals surface area contributed by atoms with Crippen molar-refractivity contribution in [2.45, 2.75) is 33.6 Å². The van der Waals surface area contributed by atoms with Crippen molar-refractivity contribution in [3.05, 3.63) is 52.8 Å². The molecule has 0 spiro atoms. The number of aryl methyl sites for hydroxylation is 2. The van der Waals surface area contributed by atoms with Crippen LogP contribution in [0.2, 0.25) is 0 Å². The second-order valence-corrected chi connectivity index (χ2v) is 9.70. The summed E-state index contributed by atoms with van der Waals surface area (Å²) < 4.78 is 26.9. The summed E-state index contributed by atoms with van der Waals surface area (Å²) in [5, 5.41) is 3.05. The average molecular weight is 404 g/mol. The van der Waals surface area contributed by atoms with Crippen molar-refractivity contribution in [3.8, 4) is 5.69 Å². The van der Waals surface area contributed by atoms with Crippen molar-refractivity contribution in [2.24, 2.45) is 5.92 Å². The predicted octanol–water partition coefficient (Wildman–Crippen LogP) is 2.80. The van der Waals surface area contributed by atoms with Crippen molar-refractivity contribution in [1.29, 1.82) is 0 Å². The molecule has 3 rings (SSSR count). The van der Waals surface area contributed by atoms with E-state index in [0.717, 1.165) is 35.5 Å². The highest BCUT2D eigenvalue weighted by molar-refractivity contribution is 7.88. The SMILES string of the molecule is Cc1ccccc1-n1c(C)cc(C(=O)NCC2CCN(S(C)(=O)=O)CC2)c1C. The van der Waals surface area contributed by atoms with Crippen molar-refractivity contribution in [2.75, 3.05) is 25.9 Å². The van der Waals surface area contributed by atoms with Gasteiger partial charge in [0.2, 0.25) is 10.0 Å². The maximum absolute atomic E-state index is 12.8. The van der Waals surface area contributed by atoms with Gasteiger partial charge in [0.15, 0.2) is 0 Å². The van der Waals surface area contributed by atoms with Crippen LogP contribution in [0.1, 0.15) is 40.2 Å². The summed E-state index contributed by atoms with van der Waals surface area (Å²) in [5.41, 5.74) is 4.89. The lowest BCUT2D eigenvalue weighted by molar-refractivity contribution is 0.0941. The molecule has 6 nitrogen and oxygen atoms in total. The molecule has 0 saturated carbocycles. The van der Waals surface area contributed by atoms with Gasteiger partial charge in [-0.2, -0.15) is 0 Å². The molecule has 1 N–H and O–H groups in total. The van der Waals surface area contributed by atoms with Crippen LogP contribution in [0.15, 0.2) is 30.3 Å². The zero-order valence-corrected chi connectivity index (χ0v) is 17.8. The Morgan fingerprint density at radius 2 is 1.79 bits per heavy atom. The number of sulfonamides is 1. The molecule has 0 radical (unpaired) electrons. The summed E-state index contributed by atoms with van der Waals surface area (Å²) in [6.07, 6.45) is 2.80. The molecule has 1 aliphatic rings. The highest BCUT2D eigenvalue weighted by Crippen LogP contribution is 2.23. The number of nitrogens with one attached hydrogen (secondary N) is 1. The molecule has 152 valence electrons. The number of rotatable bonds is 5. The van der Waals surface area contributed by atoms with Gasteiger partial charge in [-0.15, -0.1) is 0 Å². The third kappa shape index (κ3) is 4.31. The molecule has 0 unspecified atom stereocenters. The van der Waals surface area contributed by atoms with Crippen LogP contribution in [0, 0.1) is 26.7 Å². The van der Waals surface area contributed by atoms with E-state index >= 15 is 0 Å². The number of carbonyl (C=O) groups is 1. The predicted molar refractivity (Wildman–Crippen MR) is 111 cm³/mol. The molecule has 28 heavy (non-hydrogen) atoms. The zero-order valence-electron chi connectivity index (χ0n) is 17.0. The Kier molecular flexibility index (Phi) is 5.95. The largest absolute Gasteiger partial charge is 0.352 e. The number of piperidine rings is 1. The highest BCUT2D eigenvalue weighted by Gasteiger charge is 2.25. The summed E-state index contributed by atoms with van der Waals surface area (Å²) in [6, 6.07) is 10.1. The minimum absolute atomic E-state index is 0.0709. The van der Waals surface area contributed by atoms with E-state index in [-0.39, 0.29) is 5.91 Å². The highest BCUT2D eigenvalue weighted by atomic mass is 32.2. The van der Waals surface area contributed by atoms with Crippen LogP contribution in [0.25, 0.3) is 5.69 Å². The van der Waals surface area contributed by atoms with Gasteiger partial charge in [-0.3, -0.25) is 4.79 Å². The Balaban J connectivity index is 1.66. The van der Waals surface area contributed by atoms with E-state index in [0.29, 0.717) is 31.1 Å². The molecule has 1 saturated heterocycles. The van der Waals surface area contributed by atoms with Crippen molar-refractivity contribution in [1.82, 2.24) is 14.2 Å². The average Bonchev–Trinajstić information content (AvgIpc) is 2.94. The maximum Gasteiger partial charge on any atom is 0.253 e. The van der Waals surface area contributed by atoms with Gasteiger partial charge in [0.1, 0.15) is 0 Å². The number of carbonyl (C=O) groups excluding carboxylic acids is 1. The van der Waals surface area contributed by atoms with E-state index in [9.17, 15) is 13.2 Å². The lowest BCUT2D eigenvalue weighted by Gasteiger charge is -2.30. The third-order valence-electron chi connectivity index (χ3n) is 5.63. The van der Waals surface area contributed by atoms with Gasteiger partial charge in [0.05, 0.1) is 11.8 Å². The number of aromatic nitrogens is 1. The van der Waals surface area contributed by atoms with E-state index in [1.54, 1.807) is 0 Å². The molecule has 2 heterocycles. The fourth-order valence-corrected chi connectivity index (χ4v) is 4.83. The Bertz CT molecular complexity index is 971. The first kappa shape index (κ1) is 20.6. The molecule has 1 amide bonds. The van der Waals surface area contributed by atoms with Gasteiger partial charge < -0.3 is 9.88 Å². The number of hydrogen-bond donors (Lipinski definition) is 1. The van der Waals surface area contributed by atoms with Crippen LogP contribution in [0.3, 0.4) is 0 Å². The van der Waals surface area contributed by atoms with E-state index in [4.69, 9.17) is 0 Å². The fourth-order valence-electron chi connectivity index (χ4n) is 3.95. The summed E-state index contributed by atoms with van der Waals surface area (Å²) in [7, 11) is -3.12. The van der Waals surface area contributed by atoms with Crippen LogP contribution >= 0.6 is 0 Å². The van der Waals surface area contributed by atoms with Gasteiger partial charge in [-0.05, 0) is 57.2 Å². The van der Waals surface area contributed by atoms with E-state index < -0.39 is 10.0 Å². The molecule has 1 aliphatic heterocycles. The van der Waals surface area contributed by atoms with E-state index in [1.807, 2.05) is 32.0 Å². The molecule has 1 aromatic heterocycles. The monoisotopic (exact) mass is 403 g/mol. The van der Waals surface area contributed by atoms with Crippen molar-refractivity contribution in [3.63, 3.8) is 0 Å². The smallest absolute Gasteiger partial charge is 0.253 e. The zero-order chi connectivity index (χ0) is 20.5. The van der Waals surface area contributed by atoms with Gasteiger partial charge in [0, 0.05) is 36.7 Å². The first-order chi connectivity index (χ1) is 13.2. The summed E-state index contributed by atoms with van der Waals surface area (Å²) in [5.74, 6) is 0.236. The first-order valence-corrected chi connectivity index (χ1v) is 11.5. The van der Waals surface area contributed by atoms with Crippen molar-refractivity contribution < 1.29 is 13.2 Å². The standard InChI is InChI=1S/C21H29N3O3S/c1-15-7-5-6-8-20(15)24-16(2)13-19(17(24)3)21(25)22-14-18-9-11-23(12-10-18)28(4,26)27/h5-8,13,18H,9-12,14H2,1-4H3,(H,22,25). The molecular weight excluding hydrogens is 374 g/mol. The van der Waals surface area contributed by atoms with Crippen LogP contribution < -0.4 is 5.32 Å². The fraction of sp³-hybridized carbons (Fsp3) is 0.476. The summed E-state index contributed by atoms with van der Waals surface area (Å²) >= 11 is 0. The Labute approximate surface area is 167 Å². The third-order valence-corrected chi connectivity index (χ3v) is 6.93. The van der Waals surface area contributed by atoms with E-state index in [2.05, 4.69) is 28.9 Å². The number of amides is 1. The molecule has 0 atom stereocenters. The molecule has 0 bridgehead atoms. The molecule has 2 aromatic rings. The lowest BCUT2D eigenvalue weighted by Crippen LogP contribution is -2.41. The quantitative estimate of drug-likeness (QED) is 0.834. The summed E-state index contributed by atoms with van der Waals surface area (Å²) in [4.78, 5) is 12.8. The molecular formula is C21H29N3O3S. The first-order valence-electron chi connectivity index (χ1n) is 9.66. The number of hydrogen-bond acceptors (Lipinski definition) is 3. The topological polar surface area (TPSA) is 71.4 Å². The van der Waals surface area contributed by atoms with E-state index in [1.165, 1.54) is 10.6 Å². The minimum atomic E-state index is -3.12. The van der Waals surface area contributed by atoms with Crippen LogP contribution in [0.4, 0.5) is 0 Å².